The number of cyclic esters (lactones) is 1. The number of fused-ring (bicyclic) bond motifs is 2. The van der Waals surface area contributed by atoms with Crippen LogP contribution in [-0.2, 0) is 18.9 Å². The van der Waals surface area contributed by atoms with E-state index in [9.17, 15) is 9.90 Å². The van der Waals surface area contributed by atoms with Crippen molar-refractivity contribution in [1.82, 2.24) is 0 Å². The van der Waals surface area contributed by atoms with Crippen LogP contribution >= 0.6 is 0 Å². The van der Waals surface area contributed by atoms with E-state index in [2.05, 4.69) is 0 Å². The predicted molar refractivity (Wildman–Crippen MR) is 77.5 cm³/mol. The molecule has 6 heteroatoms. The fourth-order valence-corrected chi connectivity index (χ4v) is 3.72. The Bertz CT molecular complexity index is 464. The van der Waals surface area contributed by atoms with E-state index in [1.807, 2.05) is 27.7 Å². The summed E-state index contributed by atoms with van der Waals surface area (Å²) in [6, 6.07) is 0. The average molecular weight is 314 g/mol. The molecule has 0 aromatic heterocycles. The minimum atomic E-state index is -0.684. The molecule has 5 atom stereocenters. The van der Waals surface area contributed by atoms with Crippen LogP contribution in [0.25, 0.3) is 0 Å². The van der Waals surface area contributed by atoms with E-state index >= 15 is 0 Å². The first-order valence-corrected chi connectivity index (χ1v) is 8.04. The van der Waals surface area contributed by atoms with Crippen LogP contribution in [0.3, 0.4) is 0 Å². The number of hydrogen-bond acceptors (Lipinski definition) is 6. The summed E-state index contributed by atoms with van der Waals surface area (Å²) >= 11 is 0. The average Bonchev–Trinajstić information content (AvgIpc) is 2.57. The summed E-state index contributed by atoms with van der Waals surface area (Å²) in [5, 5.41) is 10.3. The fourth-order valence-electron chi connectivity index (χ4n) is 3.72. The molecule has 3 aliphatic heterocycles. The molecule has 3 aliphatic rings. The molecule has 0 saturated carbocycles. The van der Waals surface area contributed by atoms with E-state index in [-0.39, 0.29) is 18.8 Å². The van der Waals surface area contributed by atoms with E-state index < -0.39 is 29.1 Å². The molecule has 0 amide bonds. The molecule has 126 valence electrons. The molecule has 22 heavy (non-hydrogen) atoms. The normalized spacial score (nSPS) is 48.0. The van der Waals surface area contributed by atoms with Crippen molar-refractivity contribution in [1.29, 1.82) is 0 Å². The predicted octanol–water partition coefficient (Wildman–Crippen LogP) is 2.17. The molecule has 6 nitrogen and oxygen atoms in total. The first-order chi connectivity index (χ1) is 10.1. The second-order valence-electron chi connectivity index (χ2n) is 7.70. The van der Waals surface area contributed by atoms with Gasteiger partial charge in [0.25, 0.3) is 0 Å². The smallest absolute Gasteiger partial charge is 0.431 e. The molecule has 3 fully saturated rings. The lowest BCUT2D eigenvalue weighted by atomic mass is 9.88. The van der Waals surface area contributed by atoms with Gasteiger partial charge < -0.3 is 24.1 Å². The molecule has 0 aliphatic carbocycles. The number of aliphatic hydroxyl groups excluding tert-OH is 1. The Morgan fingerprint density at radius 2 is 1.68 bits per heavy atom. The van der Waals surface area contributed by atoms with E-state index in [1.54, 1.807) is 0 Å². The van der Waals surface area contributed by atoms with E-state index in [0.717, 1.165) is 0 Å². The Morgan fingerprint density at radius 1 is 1.00 bits per heavy atom. The van der Waals surface area contributed by atoms with Gasteiger partial charge in [-0.3, -0.25) is 0 Å². The number of ether oxygens (including phenoxy) is 4. The molecule has 1 N–H and O–H groups in total. The Balaban J connectivity index is 1.88. The van der Waals surface area contributed by atoms with E-state index in [0.29, 0.717) is 25.7 Å². The molecule has 0 bridgehead atoms. The molecule has 0 aromatic rings. The quantitative estimate of drug-likeness (QED) is 0.691. The molecule has 3 heterocycles. The van der Waals surface area contributed by atoms with Gasteiger partial charge in [0, 0.05) is 0 Å². The number of carbonyl (C=O) groups is 1. The molecule has 3 rings (SSSR count). The van der Waals surface area contributed by atoms with Crippen LogP contribution in [0.4, 0.5) is 4.79 Å². The summed E-state index contributed by atoms with van der Waals surface area (Å²) in [5.74, 6) is 0. The van der Waals surface area contributed by atoms with Crippen molar-refractivity contribution >= 4 is 6.16 Å². The van der Waals surface area contributed by atoms with Crippen molar-refractivity contribution in [3.63, 3.8) is 0 Å². The molecule has 0 spiro atoms. The lowest BCUT2D eigenvalue weighted by molar-refractivity contribution is -0.228. The Labute approximate surface area is 131 Å². The molecular formula is C16H26O6. The minimum absolute atomic E-state index is 0.152. The van der Waals surface area contributed by atoms with Crippen LogP contribution in [0.5, 0.6) is 0 Å². The summed E-state index contributed by atoms with van der Waals surface area (Å²) in [7, 11) is 0. The van der Waals surface area contributed by atoms with E-state index in [1.165, 1.54) is 0 Å². The second kappa shape index (κ2) is 5.08. The number of rotatable bonds is 0. The van der Waals surface area contributed by atoms with Crippen molar-refractivity contribution in [2.24, 2.45) is 0 Å². The van der Waals surface area contributed by atoms with Crippen molar-refractivity contribution in [3.8, 4) is 0 Å². The monoisotopic (exact) mass is 314 g/mol. The molecule has 0 unspecified atom stereocenters. The lowest BCUT2D eigenvalue weighted by Crippen LogP contribution is -2.54. The van der Waals surface area contributed by atoms with Crippen LogP contribution in [0.15, 0.2) is 0 Å². The standard InChI is InChI=1S/C16H26O6/c1-14(2)10(17)5-7-15(3)11(20-14)6-8-16(4)12(21-15)9-19-13(18)22-16/h10-12,17H,5-9H2,1-4H3/t10-,11-,12-,15+,16+/m1/s1. The summed E-state index contributed by atoms with van der Waals surface area (Å²) in [6.07, 6.45) is 1.06. The highest BCUT2D eigenvalue weighted by molar-refractivity contribution is 5.61. The minimum Gasteiger partial charge on any atom is -0.431 e. The second-order valence-corrected chi connectivity index (χ2v) is 7.70. The lowest BCUT2D eigenvalue weighted by Gasteiger charge is -2.42. The maximum Gasteiger partial charge on any atom is 0.509 e. The van der Waals surface area contributed by atoms with Crippen LogP contribution < -0.4 is 0 Å². The fraction of sp³-hybridized carbons (Fsp3) is 0.938. The molecule has 0 radical (unpaired) electrons. The molecule has 3 saturated heterocycles. The first-order valence-electron chi connectivity index (χ1n) is 8.04. The number of hydrogen-bond donors (Lipinski definition) is 1. The van der Waals surface area contributed by atoms with Crippen molar-refractivity contribution in [3.05, 3.63) is 0 Å². The van der Waals surface area contributed by atoms with Gasteiger partial charge in [-0.15, -0.1) is 0 Å². The van der Waals surface area contributed by atoms with Gasteiger partial charge in [0.05, 0.1) is 23.4 Å². The van der Waals surface area contributed by atoms with Gasteiger partial charge >= 0.3 is 6.16 Å². The Morgan fingerprint density at radius 3 is 2.41 bits per heavy atom. The van der Waals surface area contributed by atoms with Crippen LogP contribution in [0.2, 0.25) is 0 Å². The Kier molecular flexibility index (Phi) is 3.70. The van der Waals surface area contributed by atoms with Crippen LogP contribution in [-0.4, -0.2) is 53.0 Å². The van der Waals surface area contributed by atoms with E-state index in [4.69, 9.17) is 18.9 Å². The van der Waals surface area contributed by atoms with Gasteiger partial charge in [-0.1, -0.05) is 0 Å². The third-order valence-corrected chi connectivity index (χ3v) is 5.51. The third kappa shape index (κ3) is 2.61. The van der Waals surface area contributed by atoms with Gasteiger partial charge in [-0.05, 0) is 53.4 Å². The number of aliphatic hydroxyl groups is 1. The highest BCUT2D eigenvalue weighted by atomic mass is 16.8. The van der Waals surface area contributed by atoms with Gasteiger partial charge in [-0.25, -0.2) is 4.79 Å². The topological polar surface area (TPSA) is 74.2 Å². The van der Waals surface area contributed by atoms with Crippen LogP contribution in [0, 0.1) is 0 Å². The largest absolute Gasteiger partial charge is 0.509 e. The van der Waals surface area contributed by atoms with Crippen molar-refractivity contribution in [2.75, 3.05) is 6.61 Å². The summed E-state index contributed by atoms with van der Waals surface area (Å²) < 4.78 is 23.0. The summed E-state index contributed by atoms with van der Waals surface area (Å²) in [6.45, 7) is 7.93. The number of carbonyl (C=O) groups excluding carboxylic acids is 1. The maximum absolute atomic E-state index is 11.5. The summed E-state index contributed by atoms with van der Waals surface area (Å²) in [5.41, 5.74) is -1.82. The highest BCUT2D eigenvalue weighted by Crippen LogP contribution is 2.44. The van der Waals surface area contributed by atoms with Crippen LogP contribution in [0.1, 0.15) is 53.4 Å². The maximum atomic E-state index is 11.5. The van der Waals surface area contributed by atoms with Gasteiger partial charge in [0.1, 0.15) is 18.3 Å². The van der Waals surface area contributed by atoms with Gasteiger partial charge in [-0.2, -0.15) is 0 Å². The van der Waals surface area contributed by atoms with Crippen molar-refractivity contribution in [2.45, 2.75) is 88.5 Å². The third-order valence-electron chi connectivity index (χ3n) is 5.51. The SMILES string of the molecule is CC1(C)O[C@@H]2CC[C@]3(C)OC(=O)OC[C@H]3O[C@@]2(C)CC[C@H]1O. The van der Waals surface area contributed by atoms with Gasteiger partial charge in [0.2, 0.25) is 0 Å². The zero-order valence-corrected chi connectivity index (χ0v) is 13.8. The first kappa shape index (κ1) is 16.0. The van der Waals surface area contributed by atoms with Crippen molar-refractivity contribution < 1.29 is 28.8 Å². The highest BCUT2D eigenvalue weighted by Gasteiger charge is 2.55. The molecular weight excluding hydrogens is 288 g/mol. The van der Waals surface area contributed by atoms with Gasteiger partial charge in [0.15, 0.2) is 0 Å². The molecule has 0 aromatic carbocycles. The zero-order chi connectivity index (χ0) is 16.2. The zero-order valence-electron chi connectivity index (χ0n) is 13.8. The Hall–Kier alpha value is -0.850. The summed E-state index contributed by atoms with van der Waals surface area (Å²) in [4.78, 5) is 11.5.